The molecule has 0 amide bonds. The van der Waals surface area contributed by atoms with E-state index in [1.807, 2.05) is 6.92 Å². The summed E-state index contributed by atoms with van der Waals surface area (Å²) in [5.41, 5.74) is -0.470. The molecule has 0 aliphatic heterocycles. The topological polar surface area (TPSA) is 27.7 Å². The van der Waals surface area contributed by atoms with E-state index in [2.05, 4.69) is 32.9 Å². The van der Waals surface area contributed by atoms with Crippen LogP contribution in [0.4, 0.5) is 0 Å². The van der Waals surface area contributed by atoms with E-state index in [4.69, 9.17) is 14.2 Å². The summed E-state index contributed by atoms with van der Waals surface area (Å²) in [6.45, 7) is 8.52. The van der Waals surface area contributed by atoms with Crippen LogP contribution in [-0.4, -0.2) is 32.7 Å². The van der Waals surface area contributed by atoms with Gasteiger partial charge in [-0.3, -0.25) is 0 Å². The molecule has 2 unspecified atom stereocenters. The van der Waals surface area contributed by atoms with Gasteiger partial charge in [-0.1, -0.05) is 64.5 Å². The molecule has 0 saturated carbocycles. The summed E-state index contributed by atoms with van der Waals surface area (Å²) in [6, 6.07) is 0. The van der Waals surface area contributed by atoms with Crippen LogP contribution >= 0.6 is 0 Å². The molecule has 0 fully saturated rings. The first-order valence-electron chi connectivity index (χ1n) is 9.30. The summed E-state index contributed by atoms with van der Waals surface area (Å²) < 4.78 is 17.7. The molecular weight excluding hydrogens is 288 g/mol. The molecule has 0 heterocycles. The Kier molecular flexibility index (Phi) is 11.9. The van der Waals surface area contributed by atoms with E-state index >= 15 is 0 Å². The summed E-state index contributed by atoms with van der Waals surface area (Å²) in [5.74, 6) is -0.477. The minimum absolute atomic E-state index is 0.281. The number of ether oxygens (including phenoxy) is 3. The number of hydrogen-bond donors (Lipinski definition) is 0. The van der Waals surface area contributed by atoms with Gasteiger partial charge >= 0.3 is 0 Å². The maximum atomic E-state index is 6.12. The lowest BCUT2D eigenvalue weighted by Crippen LogP contribution is -2.60. The van der Waals surface area contributed by atoms with Crippen LogP contribution in [0.25, 0.3) is 0 Å². The number of rotatable bonds is 14. The van der Waals surface area contributed by atoms with Gasteiger partial charge in [0.2, 0.25) is 0 Å². The van der Waals surface area contributed by atoms with Crippen molar-refractivity contribution in [2.75, 3.05) is 21.3 Å². The summed E-state index contributed by atoms with van der Waals surface area (Å²) in [7, 11) is 5.21. The quantitative estimate of drug-likeness (QED) is 0.231. The van der Waals surface area contributed by atoms with Crippen molar-refractivity contribution in [1.82, 2.24) is 0 Å². The monoisotopic (exact) mass is 328 g/mol. The van der Waals surface area contributed by atoms with E-state index in [-0.39, 0.29) is 5.92 Å². The summed E-state index contributed by atoms with van der Waals surface area (Å²) in [4.78, 5) is 0. The molecule has 0 saturated heterocycles. The van der Waals surface area contributed by atoms with Gasteiger partial charge in [-0.2, -0.15) is 0 Å². The normalized spacial score (nSPS) is 16.7. The van der Waals surface area contributed by atoms with Gasteiger partial charge < -0.3 is 14.2 Å². The van der Waals surface area contributed by atoms with E-state index in [0.717, 1.165) is 19.3 Å². The highest BCUT2D eigenvalue weighted by molar-refractivity contribution is 5.06. The van der Waals surface area contributed by atoms with Gasteiger partial charge in [0.15, 0.2) is 5.79 Å². The van der Waals surface area contributed by atoms with E-state index in [0.29, 0.717) is 0 Å². The average Bonchev–Trinajstić information content (AvgIpc) is 2.58. The molecule has 3 nitrogen and oxygen atoms in total. The van der Waals surface area contributed by atoms with Crippen molar-refractivity contribution < 1.29 is 14.2 Å². The lowest BCUT2D eigenvalue weighted by Gasteiger charge is -2.49. The van der Waals surface area contributed by atoms with Crippen LogP contribution in [-0.2, 0) is 14.2 Å². The van der Waals surface area contributed by atoms with E-state index in [1.165, 1.54) is 32.1 Å². The van der Waals surface area contributed by atoms with E-state index in [1.54, 1.807) is 21.3 Å². The summed E-state index contributed by atoms with van der Waals surface area (Å²) in [5, 5.41) is 0. The second-order valence-electron chi connectivity index (χ2n) is 6.53. The van der Waals surface area contributed by atoms with Gasteiger partial charge in [-0.25, -0.2) is 0 Å². The SMILES string of the molecule is CC=CC(CCCCCCC)C(CCC)(OC)C(C)(OC)OC. The summed E-state index contributed by atoms with van der Waals surface area (Å²) >= 11 is 0. The molecule has 138 valence electrons. The van der Waals surface area contributed by atoms with Crippen LogP contribution in [0.3, 0.4) is 0 Å². The molecule has 0 N–H and O–H groups in total. The lowest BCUT2D eigenvalue weighted by atomic mass is 9.74. The van der Waals surface area contributed by atoms with Gasteiger partial charge in [0.1, 0.15) is 5.60 Å². The third-order valence-electron chi connectivity index (χ3n) is 5.18. The third kappa shape index (κ3) is 5.88. The van der Waals surface area contributed by atoms with Crippen molar-refractivity contribution in [1.29, 1.82) is 0 Å². The molecule has 2 atom stereocenters. The molecule has 0 aliphatic carbocycles. The van der Waals surface area contributed by atoms with Gasteiger partial charge in [-0.15, -0.1) is 0 Å². The van der Waals surface area contributed by atoms with Crippen molar-refractivity contribution in [3.05, 3.63) is 12.2 Å². The second-order valence-corrected chi connectivity index (χ2v) is 6.53. The fourth-order valence-corrected chi connectivity index (χ4v) is 3.67. The van der Waals surface area contributed by atoms with Crippen molar-refractivity contribution in [3.8, 4) is 0 Å². The van der Waals surface area contributed by atoms with Crippen LogP contribution in [0.15, 0.2) is 12.2 Å². The highest BCUT2D eigenvalue weighted by Crippen LogP contribution is 2.43. The first kappa shape index (κ1) is 22.6. The highest BCUT2D eigenvalue weighted by atomic mass is 16.7. The van der Waals surface area contributed by atoms with E-state index in [9.17, 15) is 0 Å². The number of unbranched alkanes of at least 4 members (excludes halogenated alkanes) is 4. The van der Waals surface area contributed by atoms with Crippen molar-refractivity contribution in [2.45, 2.75) is 90.4 Å². The zero-order chi connectivity index (χ0) is 17.8. The maximum Gasteiger partial charge on any atom is 0.194 e. The smallest absolute Gasteiger partial charge is 0.194 e. The Bertz CT molecular complexity index is 310. The largest absolute Gasteiger partial charge is 0.372 e. The molecule has 0 bridgehead atoms. The zero-order valence-electron chi connectivity index (χ0n) is 16.6. The van der Waals surface area contributed by atoms with Crippen LogP contribution in [0.1, 0.15) is 79.1 Å². The van der Waals surface area contributed by atoms with Crippen LogP contribution in [0, 0.1) is 5.92 Å². The molecule has 0 spiro atoms. The predicted octanol–water partition coefficient (Wildman–Crippen LogP) is 5.73. The van der Waals surface area contributed by atoms with Crippen LogP contribution in [0.5, 0.6) is 0 Å². The van der Waals surface area contributed by atoms with Gasteiger partial charge in [-0.05, 0) is 26.7 Å². The molecule has 0 radical (unpaired) electrons. The highest BCUT2D eigenvalue weighted by Gasteiger charge is 2.53. The van der Waals surface area contributed by atoms with Gasteiger partial charge in [0.25, 0.3) is 0 Å². The molecule has 0 aromatic carbocycles. The fourth-order valence-electron chi connectivity index (χ4n) is 3.67. The standard InChI is InChI=1S/C20H40O3/c1-8-11-12-13-14-16-18(15-9-2)20(23-7,17-10-3)19(4,21-5)22-6/h9,15,18H,8,10-14,16-17H2,1-7H3. The first-order chi connectivity index (χ1) is 11.0. The Morgan fingerprint density at radius 2 is 1.48 bits per heavy atom. The molecule has 0 rings (SSSR count). The molecule has 23 heavy (non-hydrogen) atoms. The number of allylic oxidation sites excluding steroid dienone is 1. The molecule has 0 aromatic rings. The fraction of sp³-hybridized carbons (Fsp3) is 0.900. The number of methoxy groups -OCH3 is 3. The first-order valence-corrected chi connectivity index (χ1v) is 9.30. The Labute approximate surface area is 144 Å². The molecule has 3 heteroatoms. The minimum Gasteiger partial charge on any atom is -0.372 e. The third-order valence-corrected chi connectivity index (χ3v) is 5.18. The van der Waals surface area contributed by atoms with Crippen LogP contribution in [0.2, 0.25) is 0 Å². The number of hydrogen-bond acceptors (Lipinski definition) is 3. The maximum absolute atomic E-state index is 6.12. The molecule has 0 aliphatic rings. The van der Waals surface area contributed by atoms with Crippen LogP contribution < -0.4 is 0 Å². The average molecular weight is 329 g/mol. The van der Waals surface area contributed by atoms with Crippen molar-refractivity contribution in [2.24, 2.45) is 5.92 Å². The predicted molar refractivity (Wildman–Crippen MR) is 98.8 cm³/mol. The lowest BCUT2D eigenvalue weighted by molar-refractivity contribution is -0.312. The Morgan fingerprint density at radius 3 is 1.91 bits per heavy atom. The molecule has 0 aromatic heterocycles. The Hall–Kier alpha value is -0.380. The van der Waals surface area contributed by atoms with Crippen molar-refractivity contribution >= 4 is 0 Å². The zero-order valence-corrected chi connectivity index (χ0v) is 16.6. The minimum atomic E-state index is -0.759. The van der Waals surface area contributed by atoms with Gasteiger partial charge in [0, 0.05) is 27.2 Å². The summed E-state index contributed by atoms with van der Waals surface area (Å²) in [6.07, 6.45) is 13.9. The second kappa shape index (κ2) is 12.0. The Morgan fingerprint density at radius 1 is 0.870 bits per heavy atom. The molecular formula is C20H40O3. The van der Waals surface area contributed by atoms with Gasteiger partial charge in [0.05, 0.1) is 0 Å². The Balaban J connectivity index is 5.32. The van der Waals surface area contributed by atoms with Crippen molar-refractivity contribution in [3.63, 3.8) is 0 Å². The van der Waals surface area contributed by atoms with E-state index < -0.39 is 11.4 Å².